The van der Waals surface area contributed by atoms with Crippen LogP contribution in [0, 0.1) is 6.92 Å². The number of nitrogens with zero attached hydrogens (tertiary/aromatic N) is 6. The van der Waals surface area contributed by atoms with Gasteiger partial charge in [0, 0.05) is 57.6 Å². The van der Waals surface area contributed by atoms with E-state index in [1.165, 1.54) is 0 Å². The molecule has 0 atom stereocenters. The Morgan fingerprint density at radius 2 is 1.88 bits per heavy atom. The van der Waals surface area contributed by atoms with Gasteiger partial charge >= 0.3 is 0 Å². The molecule has 1 amide bonds. The van der Waals surface area contributed by atoms with Crippen LogP contribution in [0.25, 0.3) is 0 Å². The van der Waals surface area contributed by atoms with E-state index in [1.54, 1.807) is 43.6 Å². The first-order valence-electron chi connectivity index (χ1n) is 10.7. The number of aromatic nitrogens is 4. The quantitative estimate of drug-likeness (QED) is 0.500. The first-order valence-corrected chi connectivity index (χ1v) is 10.7. The third-order valence-corrected chi connectivity index (χ3v) is 5.20. The van der Waals surface area contributed by atoms with Crippen LogP contribution in [0.3, 0.4) is 0 Å². The maximum atomic E-state index is 12.4. The number of benzene rings is 1. The summed E-state index contributed by atoms with van der Waals surface area (Å²) in [5.74, 6) is 2.33. The zero-order valence-electron chi connectivity index (χ0n) is 18.1. The average Bonchev–Trinajstić information content (AvgIpc) is 3.27. The summed E-state index contributed by atoms with van der Waals surface area (Å²) >= 11 is 0. The van der Waals surface area contributed by atoms with Gasteiger partial charge in [-0.3, -0.25) is 9.69 Å². The maximum absolute atomic E-state index is 12.4. The van der Waals surface area contributed by atoms with Crippen molar-refractivity contribution in [3.63, 3.8) is 0 Å². The van der Waals surface area contributed by atoms with Crippen LogP contribution in [0.1, 0.15) is 28.5 Å². The number of hydrogen-bond acceptors (Lipinski definition) is 9. The lowest BCUT2D eigenvalue weighted by Gasteiger charge is -2.34. The van der Waals surface area contributed by atoms with Crippen molar-refractivity contribution in [2.75, 3.05) is 44.2 Å². The van der Waals surface area contributed by atoms with Gasteiger partial charge in [0.15, 0.2) is 6.61 Å². The molecule has 10 nitrogen and oxygen atoms in total. The monoisotopic (exact) mass is 437 g/mol. The van der Waals surface area contributed by atoms with Gasteiger partial charge in [-0.15, -0.1) is 0 Å². The molecule has 168 valence electrons. The van der Waals surface area contributed by atoms with E-state index in [4.69, 9.17) is 9.26 Å². The number of aryl methyl sites for hydroxylation is 1. The molecule has 2 aromatic heterocycles. The van der Waals surface area contributed by atoms with Gasteiger partial charge in [-0.25, -0.2) is 9.97 Å². The fourth-order valence-corrected chi connectivity index (χ4v) is 3.48. The van der Waals surface area contributed by atoms with Crippen LogP contribution >= 0.6 is 0 Å². The summed E-state index contributed by atoms with van der Waals surface area (Å²) in [5.41, 5.74) is 0.601. The summed E-state index contributed by atoms with van der Waals surface area (Å²) in [4.78, 5) is 29.7. The zero-order chi connectivity index (χ0) is 22.2. The Labute approximate surface area is 186 Å². The summed E-state index contributed by atoms with van der Waals surface area (Å²) in [5, 5.41) is 6.77. The Morgan fingerprint density at radius 3 is 2.56 bits per heavy atom. The molecule has 0 unspecified atom stereocenters. The Morgan fingerprint density at radius 1 is 1.12 bits per heavy atom. The van der Waals surface area contributed by atoms with Crippen molar-refractivity contribution in [1.29, 1.82) is 0 Å². The minimum atomic E-state index is -0.0867. The van der Waals surface area contributed by atoms with Gasteiger partial charge in [-0.1, -0.05) is 5.16 Å². The number of piperazine rings is 1. The van der Waals surface area contributed by atoms with Crippen LogP contribution in [0.5, 0.6) is 5.75 Å². The van der Waals surface area contributed by atoms with Crippen LogP contribution in [0.15, 0.2) is 47.2 Å². The molecule has 0 bridgehead atoms. The molecule has 1 saturated heterocycles. The molecule has 0 aliphatic carbocycles. The highest BCUT2D eigenvalue weighted by Crippen LogP contribution is 2.14. The van der Waals surface area contributed by atoms with E-state index in [1.807, 2.05) is 6.07 Å². The SMILES string of the molecule is Cc1nc(COc2ccc(C(=O)NCCCN3CCN(c4ncccn4)CC3)cc2)no1. The highest BCUT2D eigenvalue weighted by atomic mass is 16.5. The second-order valence-electron chi connectivity index (χ2n) is 7.53. The van der Waals surface area contributed by atoms with Crippen molar-refractivity contribution in [2.45, 2.75) is 20.0 Å². The van der Waals surface area contributed by atoms with E-state index in [2.05, 4.69) is 35.2 Å². The summed E-state index contributed by atoms with van der Waals surface area (Å²) < 4.78 is 10.5. The molecule has 1 N–H and O–H groups in total. The normalized spacial score (nSPS) is 14.3. The van der Waals surface area contributed by atoms with Gasteiger partial charge in [0.2, 0.25) is 17.7 Å². The van der Waals surface area contributed by atoms with E-state index >= 15 is 0 Å². The summed E-state index contributed by atoms with van der Waals surface area (Å²) in [6.07, 6.45) is 4.45. The topological polar surface area (TPSA) is 110 Å². The zero-order valence-corrected chi connectivity index (χ0v) is 18.1. The van der Waals surface area contributed by atoms with Crippen molar-refractivity contribution in [2.24, 2.45) is 0 Å². The van der Waals surface area contributed by atoms with Gasteiger partial charge in [-0.05, 0) is 43.3 Å². The number of hydrogen-bond donors (Lipinski definition) is 1. The van der Waals surface area contributed by atoms with Gasteiger partial charge in [0.05, 0.1) is 0 Å². The van der Waals surface area contributed by atoms with Crippen LogP contribution in [-0.2, 0) is 6.61 Å². The van der Waals surface area contributed by atoms with Crippen LogP contribution in [0.2, 0.25) is 0 Å². The molecule has 3 aromatic rings. The predicted molar refractivity (Wildman–Crippen MR) is 117 cm³/mol. The van der Waals surface area contributed by atoms with E-state index in [0.29, 0.717) is 29.6 Å². The molecule has 0 spiro atoms. The minimum Gasteiger partial charge on any atom is -0.485 e. The molecule has 1 fully saturated rings. The second kappa shape index (κ2) is 10.7. The average molecular weight is 438 g/mol. The molecule has 1 aromatic carbocycles. The molecule has 10 heteroatoms. The molecule has 0 radical (unpaired) electrons. The molecule has 32 heavy (non-hydrogen) atoms. The van der Waals surface area contributed by atoms with E-state index < -0.39 is 0 Å². The Balaban J connectivity index is 1.12. The molecule has 3 heterocycles. The van der Waals surface area contributed by atoms with Crippen LogP contribution < -0.4 is 15.0 Å². The Bertz CT molecular complexity index is 986. The first kappa shape index (κ1) is 21.7. The van der Waals surface area contributed by atoms with E-state index in [9.17, 15) is 4.79 Å². The van der Waals surface area contributed by atoms with Gasteiger partial charge in [-0.2, -0.15) is 4.98 Å². The highest BCUT2D eigenvalue weighted by molar-refractivity contribution is 5.94. The molecular formula is C22H27N7O3. The van der Waals surface area contributed by atoms with Crippen molar-refractivity contribution in [3.05, 3.63) is 60.0 Å². The molecule has 1 aliphatic heterocycles. The number of anilines is 1. The third-order valence-electron chi connectivity index (χ3n) is 5.20. The fraction of sp³-hybridized carbons (Fsp3) is 0.409. The first-order chi connectivity index (χ1) is 15.7. The fourth-order valence-electron chi connectivity index (χ4n) is 3.48. The lowest BCUT2D eigenvalue weighted by Crippen LogP contribution is -2.47. The molecular weight excluding hydrogens is 410 g/mol. The lowest BCUT2D eigenvalue weighted by molar-refractivity contribution is 0.0951. The molecule has 1 aliphatic rings. The number of amides is 1. The second-order valence-corrected chi connectivity index (χ2v) is 7.53. The van der Waals surface area contributed by atoms with Crippen molar-refractivity contribution in [1.82, 2.24) is 30.3 Å². The number of carbonyl (C=O) groups excluding carboxylic acids is 1. The summed E-state index contributed by atoms with van der Waals surface area (Å²) in [7, 11) is 0. The summed E-state index contributed by atoms with van der Waals surface area (Å²) in [6.45, 7) is 7.30. The Hall–Kier alpha value is -3.53. The largest absolute Gasteiger partial charge is 0.485 e. The summed E-state index contributed by atoms with van der Waals surface area (Å²) in [6, 6.07) is 8.85. The van der Waals surface area contributed by atoms with Crippen LogP contribution in [-0.4, -0.2) is 70.2 Å². The number of rotatable bonds is 9. The van der Waals surface area contributed by atoms with Crippen molar-refractivity contribution >= 4 is 11.9 Å². The number of ether oxygens (including phenoxy) is 1. The lowest BCUT2D eigenvalue weighted by atomic mass is 10.2. The van der Waals surface area contributed by atoms with E-state index in [0.717, 1.165) is 45.1 Å². The molecule has 4 rings (SSSR count). The predicted octanol–water partition coefficient (Wildman–Crippen LogP) is 1.69. The Kier molecular flexibility index (Phi) is 7.23. The molecule has 0 saturated carbocycles. The van der Waals surface area contributed by atoms with Gasteiger partial charge in [0.1, 0.15) is 5.75 Å². The van der Waals surface area contributed by atoms with Gasteiger partial charge < -0.3 is 19.5 Å². The highest BCUT2D eigenvalue weighted by Gasteiger charge is 2.18. The standard InChI is InChI=1S/C22H27N7O3/c1-17-26-20(27-32-17)16-31-19-6-4-18(5-7-19)21(30)23-10-3-11-28-12-14-29(15-13-28)22-24-8-2-9-25-22/h2,4-9H,3,10-16H2,1H3,(H,23,30). The van der Waals surface area contributed by atoms with E-state index in [-0.39, 0.29) is 12.5 Å². The number of carbonyl (C=O) groups is 1. The van der Waals surface area contributed by atoms with Gasteiger partial charge in [0.25, 0.3) is 5.91 Å². The number of nitrogens with one attached hydrogen (secondary N) is 1. The third kappa shape index (κ3) is 6.01. The van der Waals surface area contributed by atoms with Crippen molar-refractivity contribution in [3.8, 4) is 5.75 Å². The minimum absolute atomic E-state index is 0.0867. The van der Waals surface area contributed by atoms with Crippen molar-refractivity contribution < 1.29 is 14.1 Å². The maximum Gasteiger partial charge on any atom is 0.251 e. The smallest absolute Gasteiger partial charge is 0.251 e. The van der Waals surface area contributed by atoms with Crippen LogP contribution in [0.4, 0.5) is 5.95 Å².